The Hall–Kier alpha value is -5.54. The highest BCUT2D eigenvalue weighted by atomic mass is 32.2. The lowest BCUT2D eigenvalue weighted by Gasteiger charge is -2.33. The number of hydrogen-bond donors (Lipinski definition) is 2. The lowest BCUT2D eigenvalue weighted by molar-refractivity contribution is -0.138. The molecule has 0 bridgehead atoms. The van der Waals surface area contributed by atoms with Crippen LogP contribution < -0.4 is 16.6 Å². The van der Waals surface area contributed by atoms with Crippen molar-refractivity contribution in [1.82, 2.24) is 28.4 Å². The van der Waals surface area contributed by atoms with Crippen molar-refractivity contribution in [3.63, 3.8) is 0 Å². The highest BCUT2D eigenvalue weighted by Crippen LogP contribution is 2.26. The fraction of sp³-hybridized carbons (Fsp3) is 0.263. The van der Waals surface area contributed by atoms with Gasteiger partial charge in [0.05, 0.1) is 57.0 Å². The Labute approximate surface area is 333 Å². The molecule has 4 aromatic carbocycles. The number of sulfonamides is 2. The van der Waals surface area contributed by atoms with Crippen LogP contribution in [-0.4, -0.2) is 111 Å². The first-order chi connectivity index (χ1) is 27.5. The Bertz CT molecular complexity index is 2770. The molecule has 3 heterocycles. The highest BCUT2D eigenvalue weighted by molar-refractivity contribution is 7.92. The summed E-state index contributed by atoms with van der Waals surface area (Å²) < 4.78 is 95.1. The maximum absolute atomic E-state index is 14.5. The van der Waals surface area contributed by atoms with Gasteiger partial charge < -0.3 is 16.0 Å². The Morgan fingerprint density at radius 3 is 2.07 bits per heavy atom. The molecule has 0 unspecified atom stereocenters. The molecule has 1 aromatic heterocycles. The molecule has 5 aromatic rings. The Balaban J connectivity index is 1.20. The second-order valence-corrected chi connectivity index (χ2v) is 20.0. The van der Waals surface area contributed by atoms with Crippen molar-refractivity contribution in [3.05, 3.63) is 125 Å². The summed E-state index contributed by atoms with van der Waals surface area (Å²) >= 11 is 0. The molecule has 304 valence electrons. The topological polar surface area (TPSA) is 219 Å². The van der Waals surface area contributed by atoms with Crippen molar-refractivity contribution >= 4 is 58.3 Å². The van der Waals surface area contributed by atoms with E-state index in [4.69, 9.17) is 5.73 Å². The number of nitrogens with two attached hydrogens (primary N) is 1. The van der Waals surface area contributed by atoms with Gasteiger partial charge in [-0.25, -0.2) is 34.6 Å². The van der Waals surface area contributed by atoms with Crippen LogP contribution in [0.15, 0.2) is 112 Å². The maximum atomic E-state index is 14.5. The molecule has 58 heavy (non-hydrogen) atoms. The van der Waals surface area contributed by atoms with Crippen molar-refractivity contribution in [2.45, 2.75) is 22.3 Å². The van der Waals surface area contributed by atoms with E-state index < -0.39 is 72.2 Å². The highest BCUT2D eigenvalue weighted by Gasteiger charge is 2.35. The van der Waals surface area contributed by atoms with Gasteiger partial charge in [0.1, 0.15) is 11.6 Å². The Morgan fingerprint density at radius 2 is 1.43 bits per heavy atom. The first kappa shape index (κ1) is 40.6. The van der Waals surface area contributed by atoms with Crippen molar-refractivity contribution in [2.75, 3.05) is 56.5 Å². The molecule has 3 N–H and O–H groups in total. The molecular formula is C38H38FN7O9S3. The SMILES string of the molecule is Nc1ccc(S(=O)(=O)N2CCN(CC(=O)N[C@@H](Cc3ccccc3)c3nc4cc(F)ccc4c(=O)n3-c3ccc(S(=O)(=O)N4CCS(=O)(=O)CC4)cc3)C(=O)C2)cc1. The largest absolute Gasteiger partial charge is 0.399 e. The van der Waals surface area contributed by atoms with Crippen LogP contribution in [0.1, 0.15) is 17.4 Å². The summed E-state index contributed by atoms with van der Waals surface area (Å²) in [4.78, 5) is 47.1. The molecule has 20 heteroatoms. The molecule has 7 rings (SSSR count). The van der Waals surface area contributed by atoms with Gasteiger partial charge in [0.25, 0.3) is 5.56 Å². The zero-order valence-electron chi connectivity index (χ0n) is 30.8. The molecule has 2 aliphatic rings. The van der Waals surface area contributed by atoms with E-state index in [0.29, 0.717) is 5.69 Å². The van der Waals surface area contributed by atoms with Crippen molar-refractivity contribution in [3.8, 4) is 5.69 Å². The Morgan fingerprint density at radius 1 is 0.810 bits per heavy atom. The molecule has 1 atom stereocenters. The molecule has 2 aliphatic heterocycles. The van der Waals surface area contributed by atoms with Crippen LogP contribution in [0.25, 0.3) is 16.6 Å². The number of nitrogens with one attached hydrogen (secondary N) is 1. The van der Waals surface area contributed by atoms with E-state index in [-0.39, 0.29) is 76.3 Å². The standard InChI is InChI=1S/C38H38FN7O9S3/c39-27-6-15-32-33(23-27)42-37(46(38(32)49)29-9-13-31(14-10-29)57(52,53)44-18-20-56(50,51)21-19-44)34(22-26-4-2-1-3-5-26)41-35(47)24-43-16-17-45(25-36(43)48)58(54,55)30-11-7-28(40)8-12-30/h1-15,23,34H,16-22,24-25,40H2,(H,41,47)/t34-/m0/s1. The van der Waals surface area contributed by atoms with Crippen molar-refractivity contribution in [2.24, 2.45) is 0 Å². The number of piperazine rings is 1. The van der Waals surface area contributed by atoms with E-state index in [9.17, 15) is 44.0 Å². The number of carbonyl (C=O) groups excluding carboxylic acids is 2. The van der Waals surface area contributed by atoms with Crippen LogP contribution in [0.3, 0.4) is 0 Å². The van der Waals surface area contributed by atoms with Crippen LogP contribution in [0.4, 0.5) is 10.1 Å². The minimum absolute atomic E-state index is 0.00331. The predicted molar refractivity (Wildman–Crippen MR) is 212 cm³/mol. The average Bonchev–Trinajstić information content (AvgIpc) is 3.18. The van der Waals surface area contributed by atoms with Crippen LogP contribution in [0, 0.1) is 5.82 Å². The van der Waals surface area contributed by atoms with Crippen LogP contribution in [0.5, 0.6) is 0 Å². The summed E-state index contributed by atoms with van der Waals surface area (Å²) in [7, 11) is -11.5. The minimum Gasteiger partial charge on any atom is -0.399 e. The number of amides is 2. The van der Waals surface area contributed by atoms with Gasteiger partial charge in [-0.3, -0.25) is 19.0 Å². The van der Waals surface area contributed by atoms with Gasteiger partial charge in [0.2, 0.25) is 31.9 Å². The number of sulfone groups is 1. The Kier molecular flexibility index (Phi) is 11.2. The fourth-order valence-electron chi connectivity index (χ4n) is 6.83. The maximum Gasteiger partial charge on any atom is 0.266 e. The van der Waals surface area contributed by atoms with E-state index in [2.05, 4.69) is 10.3 Å². The number of nitrogen functional groups attached to an aromatic ring is 1. The predicted octanol–water partition coefficient (Wildman–Crippen LogP) is 1.46. The molecule has 16 nitrogen and oxygen atoms in total. The summed E-state index contributed by atoms with van der Waals surface area (Å²) in [6.45, 7) is -1.55. The van der Waals surface area contributed by atoms with Crippen molar-refractivity contribution in [1.29, 1.82) is 0 Å². The van der Waals surface area contributed by atoms with Gasteiger partial charge in [0.15, 0.2) is 9.84 Å². The summed E-state index contributed by atoms with van der Waals surface area (Å²) in [5.74, 6) is -2.58. The fourth-order valence-corrected chi connectivity index (χ4v) is 11.1. The summed E-state index contributed by atoms with van der Waals surface area (Å²) in [6.07, 6.45) is 0.0751. The normalized spacial score (nSPS) is 17.3. The molecule has 0 saturated carbocycles. The van der Waals surface area contributed by atoms with Crippen LogP contribution >= 0.6 is 0 Å². The van der Waals surface area contributed by atoms with Crippen LogP contribution in [-0.2, 0) is 45.9 Å². The number of aromatic nitrogens is 2. The zero-order chi connectivity index (χ0) is 41.4. The number of nitrogens with zero attached hydrogens (tertiary/aromatic N) is 5. The first-order valence-corrected chi connectivity index (χ1v) is 22.7. The first-order valence-electron chi connectivity index (χ1n) is 18.0. The molecule has 2 saturated heterocycles. The quantitative estimate of drug-likeness (QED) is 0.181. The van der Waals surface area contributed by atoms with E-state index in [0.717, 1.165) is 26.3 Å². The molecular weight excluding hydrogens is 814 g/mol. The zero-order valence-corrected chi connectivity index (χ0v) is 33.2. The number of halogens is 1. The van der Waals surface area contributed by atoms with E-state index in [1.54, 1.807) is 30.3 Å². The third-order valence-corrected chi connectivity index (χ3v) is 15.3. The smallest absolute Gasteiger partial charge is 0.266 e. The van der Waals surface area contributed by atoms with Gasteiger partial charge in [-0.05, 0) is 72.6 Å². The number of carbonyl (C=O) groups is 2. The molecule has 2 fully saturated rings. The van der Waals surface area contributed by atoms with Gasteiger partial charge >= 0.3 is 0 Å². The van der Waals surface area contributed by atoms with Crippen LogP contribution in [0.2, 0.25) is 0 Å². The molecule has 2 amide bonds. The van der Waals surface area contributed by atoms with Gasteiger partial charge in [-0.2, -0.15) is 8.61 Å². The third-order valence-electron chi connectivity index (χ3n) is 9.96. The third kappa shape index (κ3) is 8.51. The number of fused-ring (bicyclic) bond motifs is 1. The van der Waals surface area contributed by atoms with E-state index in [1.807, 2.05) is 0 Å². The van der Waals surface area contributed by atoms with Crippen molar-refractivity contribution < 1.29 is 39.2 Å². The average molecular weight is 852 g/mol. The summed E-state index contributed by atoms with van der Waals surface area (Å²) in [5, 5.41) is 2.92. The number of benzene rings is 4. The molecule has 0 spiro atoms. The van der Waals surface area contributed by atoms with E-state index >= 15 is 0 Å². The summed E-state index contributed by atoms with van der Waals surface area (Å²) in [5.41, 5.74) is 6.31. The number of anilines is 1. The summed E-state index contributed by atoms with van der Waals surface area (Å²) in [6, 6.07) is 22.2. The number of hydrogen-bond acceptors (Lipinski definition) is 11. The van der Waals surface area contributed by atoms with E-state index in [1.165, 1.54) is 64.1 Å². The van der Waals surface area contributed by atoms with Gasteiger partial charge in [-0.1, -0.05) is 30.3 Å². The van der Waals surface area contributed by atoms with Gasteiger partial charge in [-0.15, -0.1) is 0 Å². The monoisotopic (exact) mass is 851 g/mol. The minimum atomic E-state index is -4.10. The lowest BCUT2D eigenvalue weighted by Crippen LogP contribution is -2.54. The second-order valence-electron chi connectivity index (χ2n) is 13.9. The number of rotatable bonds is 11. The molecule has 0 radical (unpaired) electrons. The second kappa shape index (κ2) is 16.0. The lowest BCUT2D eigenvalue weighted by atomic mass is 10.0. The van der Waals surface area contributed by atoms with Gasteiger partial charge in [0, 0.05) is 37.9 Å². The molecule has 0 aliphatic carbocycles.